The van der Waals surface area contributed by atoms with Crippen molar-refractivity contribution in [2.75, 3.05) is 13.1 Å². The lowest BCUT2D eigenvalue weighted by molar-refractivity contribution is 0.0681. The zero-order valence-corrected chi connectivity index (χ0v) is 13.1. The number of hydrogen-bond donors (Lipinski definition) is 1. The number of nitrogens with zero attached hydrogens (tertiary/aromatic N) is 1. The van der Waals surface area contributed by atoms with Crippen LogP contribution in [0.15, 0.2) is 18.2 Å². The molecule has 0 aromatic heterocycles. The fourth-order valence-corrected chi connectivity index (χ4v) is 1.98. The summed E-state index contributed by atoms with van der Waals surface area (Å²) in [4.78, 5) is 14.3. The fourth-order valence-electron chi connectivity index (χ4n) is 1.98. The Morgan fingerprint density at radius 3 is 2.48 bits per heavy atom. The Kier molecular flexibility index (Phi) is 6.39. The van der Waals surface area contributed by atoms with E-state index in [-0.39, 0.29) is 24.1 Å². The molecule has 0 radical (unpaired) electrons. The fraction of sp³-hybridized carbons (Fsp3) is 0.471. The number of rotatable bonds is 4. The zero-order valence-electron chi connectivity index (χ0n) is 13.1. The van der Waals surface area contributed by atoms with Crippen molar-refractivity contribution in [1.29, 1.82) is 0 Å². The molecule has 0 saturated heterocycles. The quantitative estimate of drug-likeness (QED) is 0.867. The van der Waals surface area contributed by atoms with Crippen molar-refractivity contribution in [3.63, 3.8) is 0 Å². The van der Waals surface area contributed by atoms with Crippen LogP contribution in [0.25, 0.3) is 0 Å². The maximum Gasteiger partial charge on any atom is 0.254 e. The van der Waals surface area contributed by atoms with Crippen LogP contribution in [0.4, 0.5) is 4.39 Å². The number of benzene rings is 1. The molecular weight excluding hydrogens is 267 g/mol. The lowest BCUT2D eigenvalue weighted by atomic mass is 10.1. The molecule has 3 nitrogen and oxygen atoms in total. The van der Waals surface area contributed by atoms with E-state index in [9.17, 15) is 9.18 Å². The maximum atomic E-state index is 13.9. The molecule has 0 spiro atoms. The molecule has 0 unspecified atom stereocenters. The molecule has 4 heteroatoms. The summed E-state index contributed by atoms with van der Waals surface area (Å²) in [5, 5.41) is 0. The number of carbonyl (C=O) groups excluding carboxylic acids is 1. The van der Waals surface area contributed by atoms with Gasteiger partial charge >= 0.3 is 0 Å². The van der Waals surface area contributed by atoms with Crippen LogP contribution in [0, 0.1) is 23.6 Å². The SMILES string of the molecule is CC(C)CN(C(=O)c1ccc(C#CCN)c(F)c1)C(C)C. The van der Waals surface area contributed by atoms with E-state index >= 15 is 0 Å². The smallest absolute Gasteiger partial charge is 0.254 e. The summed E-state index contributed by atoms with van der Waals surface area (Å²) in [5.41, 5.74) is 5.88. The molecule has 0 atom stereocenters. The van der Waals surface area contributed by atoms with E-state index in [1.807, 2.05) is 13.8 Å². The minimum absolute atomic E-state index is 0.0691. The summed E-state index contributed by atoms with van der Waals surface area (Å²) in [6, 6.07) is 4.46. The highest BCUT2D eigenvalue weighted by Crippen LogP contribution is 2.15. The van der Waals surface area contributed by atoms with Gasteiger partial charge in [0, 0.05) is 18.2 Å². The van der Waals surface area contributed by atoms with E-state index in [2.05, 4.69) is 25.7 Å². The summed E-state index contributed by atoms with van der Waals surface area (Å²) >= 11 is 0. The number of hydrogen-bond acceptors (Lipinski definition) is 2. The maximum absolute atomic E-state index is 13.9. The van der Waals surface area contributed by atoms with Crippen LogP contribution in [-0.4, -0.2) is 29.9 Å². The first-order valence-corrected chi connectivity index (χ1v) is 7.16. The summed E-state index contributed by atoms with van der Waals surface area (Å²) in [6.07, 6.45) is 0. The van der Waals surface area contributed by atoms with Gasteiger partial charge in [0.15, 0.2) is 0 Å². The van der Waals surface area contributed by atoms with Gasteiger partial charge in [-0.1, -0.05) is 25.7 Å². The molecule has 1 amide bonds. The Bertz CT molecular complexity index is 556. The van der Waals surface area contributed by atoms with Gasteiger partial charge in [-0.05, 0) is 38.0 Å². The molecule has 1 aromatic carbocycles. The Balaban J connectivity index is 3.03. The second-order valence-electron chi connectivity index (χ2n) is 5.65. The summed E-state index contributed by atoms with van der Waals surface area (Å²) in [5.74, 6) is 4.96. The van der Waals surface area contributed by atoms with Crippen LogP contribution >= 0.6 is 0 Å². The van der Waals surface area contributed by atoms with Crippen molar-refractivity contribution in [2.45, 2.75) is 33.7 Å². The van der Waals surface area contributed by atoms with Gasteiger partial charge in [-0.2, -0.15) is 0 Å². The molecule has 1 rings (SSSR count). The molecule has 114 valence electrons. The summed E-state index contributed by atoms with van der Waals surface area (Å²) in [7, 11) is 0. The third-order valence-electron chi connectivity index (χ3n) is 2.99. The standard InChI is InChI=1S/C17H23FN2O/c1-12(2)11-20(13(3)4)17(21)15-8-7-14(6-5-9-19)16(18)10-15/h7-8,10,12-13H,9,11,19H2,1-4H3. The topological polar surface area (TPSA) is 46.3 Å². The van der Waals surface area contributed by atoms with Crippen molar-refractivity contribution in [3.05, 3.63) is 35.1 Å². The van der Waals surface area contributed by atoms with E-state index in [0.29, 0.717) is 18.0 Å². The molecule has 1 aromatic rings. The molecular formula is C17H23FN2O. The van der Waals surface area contributed by atoms with Crippen LogP contribution in [0.5, 0.6) is 0 Å². The van der Waals surface area contributed by atoms with Gasteiger partial charge in [-0.25, -0.2) is 4.39 Å². The van der Waals surface area contributed by atoms with Crippen LogP contribution in [0.2, 0.25) is 0 Å². The molecule has 0 saturated carbocycles. The van der Waals surface area contributed by atoms with E-state index < -0.39 is 5.82 Å². The average Bonchev–Trinajstić information content (AvgIpc) is 2.42. The van der Waals surface area contributed by atoms with Crippen molar-refractivity contribution in [3.8, 4) is 11.8 Å². The number of nitrogens with two attached hydrogens (primary N) is 1. The zero-order chi connectivity index (χ0) is 16.0. The number of carbonyl (C=O) groups is 1. The highest BCUT2D eigenvalue weighted by Gasteiger charge is 2.20. The van der Waals surface area contributed by atoms with Crippen molar-refractivity contribution >= 4 is 5.91 Å². The van der Waals surface area contributed by atoms with Crippen LogP contribution in [-0.2, 0) is 0 Å². The van der Waals surface area contributed by atoms with Gasteiger partial charge in [-0.15, -0.1) is 0 Å². The van der Waals surface area contributed by atoms with Crippen molar-refractivity contribution < 1.29 is 9.18 Å². The molecule has 0 aliphatic heterocycles. The predicted molar refractivity (Wildman–Crippen MR) is 83.3 cm³/mol. The number of amides is 1. The third kappa shape index (κ3) is 4.87. The largest absolute Gasteiger partial charge is 0.336 e. The summed E-state index contributed by atoms with van der Waals surface area (Å²) in [6.45, 7) is 8.83. The first-order valence-electron chi connectivity index (χ1n) is 7.16. The van der Waals surface area contributed by atoms with E-state index in [1.165, 1.54) is 12.1 Å². The Morgan fingerprint density at radius 2 is 2.00 bits per heavy atom. The van der Waals surface area contributed by atoms with Crippen molar-refractivity contribution in [2.24, 2.45) is 11.7 Å². The second kappa shape index (κ2) is 7.80. The third-order valence-corrected chi connectivity index (χ3v) is 2.99. The highest BCUT2D eigenvalue weighted by molar-refractivity contribution is 5.94. The van der Waals surface area contributed by atoms with Gasteiger partial charge in [0.1, 0.15) is 5.82 Å². The second-order valence-corrected chi connectivity index (χ2v) is 5.65. The van der Waals surface area contributed by atoms with Gasteiger partial charge in [0.05, 0.1) is 12.1 Å². The average molecular weight is 290 g/mol. The molecule has 0 heterocycles. The minimum Gasteiger partial charge on any atom is -0.336 e. The Morgan fingerprint density at radius 1 is 1.33 bits per heavy atom. The van der Waals surface area contributed by atoms with E-state index in [0.717, 1.165) is 0 Å². The monoisotopic (exact) mass is 290 g/mol. The lowest BCUT2D eigenvalue weighted by Gasteiger charge is -2.28. The first kappa shape index (κ1) is 17.2. The van der Waals surface area contributed by atoms with Gasteiger partial charge in [0.25, 0.3) is 5.91 Å². The van der Waals surface area contributed by atoms with Crippen LogP contribution in [0.1, 0.15) is 43.6 Å². The molecule has 0 aliphatic rings. The van der Waals surface area contributed by atoms with Crippen LogP contribution in [0.3, 0.4) is 0 Å². The predicted octanol–water partition coefficient (Wildman–Crippen LogP) is 2.64. The van der Waals surface area contributed by atoms with Crippen molar-refractivity contribution in [1.82, 2.24) is 4.90 Å². The van der Waals surface area contributed by atoms with E-state index in [4.69, 9.17) is 5.73 Å². The van der Waals surface area contributed by atoms with Gasteiger partial charge in [-0.3, -0.25) is 4.79 Å². The Hall–Kier alpha value is -1.86. The van der Waals surface area contributed by atoms with Crippen LogP contribution < -0.4 is 5.73 Å². The molecule has 0 bridgehead atoms. The Labute approximate surface area is 126 Å². The number of halogens is 1. The minimum atomic E-state index is -0.491. The van der Waals surface area contributed by atoms with Gasteiger partial charge < -0.3 is 10.6 Å². The lowest BCUT2D eigenvalue weighted by Crippen LogP contribution is -2.39. The highest BCUT2D eigenvalue weighted by atomic mass is 19.1. The van der Waals surface area contributed by atoms with Gasteiger partial charge in [0.2, 0.25) is 0 Å². The van der Waals surface area contributed by atoms with E-state index in [1.54, 1.807) is 11.0 Å². The molecule has 21 heavy (non-hydrogen) atoms. The molecule has 0 aliphatic carbocycles. The molecule has 2 N–H and O–H groups in total. The normalized spacial score (nSPS) is 10.5. The first-order chi connectivity index (χ1) is 9.86. The summed E-state index contributed by atoms with van der Waals surface area (Å²) < 4.78 is 13.9. The molecule has 0 fully saturated rings.